The standard InChI is InChI=1S/C19H21N3O3/c20-18(24)10-15-11-22(12-17(15)23)19(25)14-5-3-4-13(8-14)9-16-6-1-2-7-21-16/h1-8,15,17,23H,9-12H2,(H2,20,24)/t15-,17-/m1/s1. The van der Waals surface area contributed by atoms with E-state index in [0.717, 1.165) is 11.3 Å². The molecule has 3 N–H and O–H groups in total. The molecule has 2 heterocycles. The van der Waals surface area contributed by atoms with Crippen LogP contribution < -0.4 is 5.73 Å². The molecular formula is C19H21N3O3. The molecule has 0 aliphatic carbocycles. The van der Waals surface area contributed by atoms with Crippen LogP contribution >= 0.6 is 0 Å². The SMILES string of the molecule is NC(=O)C[C@@H]1CN(C(=O)c2cccc(Cc3ccccn3)c2)C[C@H]1O. The number of pyridine rings is 1. The Balaban J connectivity index is 1.70. The first-order chi connectivity index (χ1) is 12.0. The molecule has 0 spiro atoms. The Morgan fingerprint density at radius 2 is 2.04 bits per heavy atom. The van der Waals surface area contributed by atoms with E-state index < -0.39 is 12.0 Å². The van der Waals surface area contributed by atoms with Gasteiger partial charge in [-0.3, -0.25) is 14.6 Å². The van der Waals surface area contributed by atoms with Crippen LogP contribution in [0, 0.1) is 5.92 Å². The number of aromatic nitrogens is 1. The second kappa shape index (κ2) is 7.44. The minimum Gasteiger partial charge on any atom is -0.391 e. The Bertz CT molecular complexity index is 764. The molecule has 1 aromatic carbocycles. The van der Waals surface area contributed by atoms with E-state index in [2.05, 4.69) is 4.98 Å². The van der Waals surface area contributed by atoms with Crippen molar-refractivity contribution >= 4 is 11.8 Å². The lowest BCUT2D eigenvalue weighted by molar-refractivity contribution is -0.119. The third kappa shape index (κ3) is 4.22. The maximum absolute atomic E-state index is 12.7. The predicted octanol–water partition coefficient (Wildman–Crippen LogP) is 0.981. The Kier molecular flexibility index (Phi) is 5.09. The number of hydrogen-bond acceptors (Lipinski definition) is 4. The van der Waals surface area contributed by atoms with Crippen LogP contribution in [0.15, 0.2) is 48.7 Å². The fourth-order valence-electron chi connectivity index (χ4n) is 3.19. The number of carbonyl (C=O) groups is 2. The predicted molar refractivity (Wildman–Crippen MR) is 92.7 cm³/mol. The lowest BCUT2D eigenvalue weighted by atomic mass is 10.0. The zero-order valence-corrected chi connectivity index (χ0v) is 13.8. The molecule has 6 heteroatoms. The van der Waals surface area contributed by atoms with Crippen LogP contribution in [0.3, 0.4) is 0 Å². The number of likely N-dealkylation sites (tertiary alicyclic amines) is 1. The molecule has 6 nitrogen and oxygen atoms in total. The molecular weight excluding hydrogens is 318 g/mol. The highest BCUT2D eigenvalue weighted by molar-refractivity contribution is 5.94. The summed E-state index contributed by atoms with van der Waals surface area (Å²) in [5.41, 5.74) is 7.70. The minimum atomic E-state index is -0.715. The number of rotatable bonds is 5. The van der Waals surface area contributed by atoms with Gasteiger partial charge in [-0.1, -0.05) is 18.2 Å². The van der Waals surface area contributed by atoms with E-state index in [1.165, 1.54) is 0 Å². The van der Waals surface area contributed by atoms with Crippen LogP contribution in [-0.4, -0.2) is 46.0 Å². The van der Waals surface area contributed by atoms with Crippen LogP contribution in [0.1, 0.15) is 28.0 Å². The van der Waals surface area contributed by atoms with Crippen molar-refractivity contribution in [2.24, 2.45) is 11.7 Å². The molecule has 2 aromatic rings. The van der Waals surface area contributed by atoms with Crippen LogP contribution in [0.4, 0.5) is 0 Å². The number of primary amides is 1. The summed E-state index contributed by atoms with van der Waals surface area (Å²) in [7, 11) is 0. The number of nitrogens with zero attached hydrogens (tertiary/aromatic N) is 2. The first-order valence-electron chi connectivity index (χ1n) is 8.27. The lowest BCUT2D eigenvalue weighted by Gasteiger charge is -2.16. The van der Waals surface area contributed by atoms with E-state index in [1.54, 1.807) is 17.2 Å². The van der Waals surface area contributed by atoms with E-state index in [4.69, 9.17) is 5.73 Å². The molecule has 2 atom stereocenters. The number of amides is 2. The molecule has 1 fully saturated rings. The number of β-amino-alcohol motifs (C(OH)–C–C–N with tert-alkyl or cyclic N) is 1. The first kappa shape index (κ1) is 17.1. The number of aliphatic hydroxyl groups is 1. The molecule has 2 amide bonds. The van der Waals surface area contributed by atoms with Crippen molar-refractivity contribution in [1.82, 2.24) is 9.88 Å². The molecule has 1 aliphatic heterocycles. The van der Waals surface area contributed by atoms with Gasteiger partial charge in [0.05, 0.1) is 6.10 Å². The maximum Gasteiger partial charge on any atom is 0.253 e. The second-order valence-corrected chi connectivity index (χ2v) is 6.41. The van der Waals surface area contributed by atoms with E-state index in [9.17, 15) is 14.7 Å². The third-order valence-corrected chi connectivity index (χ3v) is 4.44. The number of nitrogens with two attached hydrogens (primary N) is 1. The highest BCUT2D eigenvalue weighted by Crippen LogP contribution is 2.22. The zero-order valence-electron chi connectivity index (χ0n) is 13.8. The minimum absolute atomic E-state index is 0.0880. The summed E-state index contributed by atoms with van der Waals surface area (Å²) >= 11 is 0. The van der Waals surface area contributed by atoms with Gasteiger partial charge in [0, 0.05) is 49.3 Å². The van der Waals surface area contributed by atoms with Crippen molar-refractivity contribution in [3.63, 3.8) is 0 Å². The fraction of sp³-hybridized carbons (Fsp3) is 0.316. The fourth-order valence-corrected chi connectivity index (χ4v) is 3.19. The van der Waals surface area contributed by atoms with Crippen LogP contribution in [-0.2, 0) is 11.2 Å². The van der Waals surface area contributed by atoms with E-state index >= 15 is 0 Å². The van der Waals surface area contributed by atoms with Crippen molar-refractivity contribution in [1.29, 1.82) is 0 Å². The number of carbonyl (C=O) groups excluding carboxylic acids is 2. The number of aliphatic hydroxyl groups excluding tert-OH is 1. The van der Waals surface area contributed by atoms with Gasteiger partial charge < -0.3 is 15.7 Å². The topological polar surface area (TPSA) is 96.5 Å². The summed E-state index contributed by atoms with van der Waals surface area (Å²) in [6.45, 7) is 0.564. The van der Waals surface area contributed by atoms with Gasteiger partial charge in [0.15, 0.2) is 0 Å². The maximum atomic E-state index is 12.7. The average molecular weight is 339 g/mol. The molecule has 0 radical (unpaired) electrons. The molecule has 0 unspecified atom stereocenters. The quantitative estimate of drug-likeness (QED) is 0.849. The Morgan fingerprint density at radius 3 is 2.76 bits per heavy atom. The summed E-state index contributed by atoms with van der Waals surface area (Å²) < 4.78 is 0. The van der Waals surface area contributed by atoms with Gasteiger partial charge in [0.1, 0.15) is 0 Å². The Hall–Kier alpha value is -2.73. The summed E-state index contributed by atoms with van der Waals surface area (Å²) in [5, 5.41) is 10.0. The van der Waals surface area contributed by atoms with Gasteiger partial charge in [0.25, 0.3) is 5.91 Å². The molecule has 0 saturated carbocycles. The average Bonchev–Trinajstić information content (AvgIpc) is 2.95. The summed E-state index contributed by atoms with van der Waals surface area (Å²) in [6, 6.07) is 13.2. The van der Waals surface area contributed by atoms with Crippen LogP contribution in [0.2, 0.25) is 0 Å². The van der Waals surface area contributed by atoms with Gasteiger partial charge in [-0.15, -0.1) is 0 Å². The Labute approximate surface area is 146 Å². The highest BCUT2D eigenvalue weighted by atomic mass is 16.3. The summed E-state index contributed by atoms with van der Waals surface area (Å²) in [6.07, 6.45) is 1.77. The molecule has 1 aromatic heterocycles. The lowest BCUT2D eigenvalue weighted by Crippen LogP contribution is -2.29. The van der Waals surface area contributed by atoms with Crippen molar-refractivity contribution in [3.8, 4) is 0 Å². The highest BCUT2D eigenvalue weighted by Gasteiger charge is 2.35. The van der Waals surface area contributed by atoms with Crippen molar-refractivity contribution < 1.29 is 14.7 Å². The van der Waals surface area contributed by atoms with E-state index in [1.807, 2.05) is 36.4 Å². The molecule has 130 valence electrons. The van der Waals surface area contributed by atoms with E-state index in [0.29, 0.717) is 18.5 Å². The van der Waals surface area contributed by atoms with Crippen LogP contribution in [0.25, 0.3) is 0 Å². The van der Waals surface area contributed by atoms with Crippen molar-refractivity contribution in [2.75, 3.05) is 13.1 Å². The molecule has 1 aliphatic rings. The normalized spacial score (nSPS) is 19.8. The molecule has 25 heavy (non-hydrogen) atoms. The van der Waals surface area contributed by atoms with E-state index in [-0.39, 0.29) is 24.8 Å². The largest absolute Gasteiger partial charge is 0.391 e. The molecule has 0 bridgehead atoms. The number of benzene rings is 1. The summed E-state index contributed by atoms with van der Waals surface area (Å²) in [4.78, 5) is 29.7. The first-order valence-corrected chi connectivity index (χ1v) is 8.27. The van der Waals surface area contributed by atoms with Gasteiger partial charge in [-0.2, -0.15) is 0 Å². The van der Waals surface area contributed by atoms with Gasteiger partial charge in [-0.05, 0) is 29.8 Å². The van der Waals surface area contributed by atoms with Gasteiger partial charge >= 0.3 is 0 Å². The molecule has 3 rings (SSSR count). The monoisotopic (exact) mass is 339 g/mol. The number of hydrogen-bond donors (Lipinski definition) is 2. The van der Waals surface area contributed by atoms with Crippen molar-refractivity contribution in [2.45, 2.75) is 18.9 Å². The van der Waals surface area contributed by atoms with Crippen molar-refractivity contribution in [3.05, 3.63) is 65.5 Å². The van der Waals surface area contributed by atoms with Gasteiger partial charge in [0.2, 0.25) is 5.91 Å². The zero-order chi connectivity index (χ0) is 17.8. The Morgan fingerprint density at radius 1 is 1.20 bits per heavy atom. The summed E-state index contributed by atoms with van der Waals surface area (Å²) in [5.74, 6) is -0.900. The van der Waals surface area contributed by atoms with Gasteiger partial charge in [-0.25, -0.2) is 0 Å². The van der Waals surface area contributed by atoms with Crippen LogP contribution in [0.5, 0.6) is 0 Å². The smallest absolute Gasteiger partial charge is 0.253 e. The third-order valence-electron chi connectivity index (χ3n) is 4.44. The molecule has 1 saturated heterocycles. The second-order valence-electron chi connectivity index (χ2n) is 6.41.